The smallest absolute Gasteiger partial charge is 0.434 e. The maximum absolute atomic E-state index is 13.8. The van der Waals surface area contributed by atoms with Crippen molar-refractivity contribution in [1.82, 2.24) is 25.3 Å². The van der Waals surface area contributed by atoms with Crippen molar-refractivity contribution in [3.05, 3.63) is 53.9 Å². The topological polar surface area (TPSA) is 123 Å². The molecule has 0 unspecified atom stereocenters. The summed E-state index contributed by atoms with van der Waals surface area (Å²) in [6, 6.07) is 8.35. The van der Waals surface area contributed by atoms with Crippen molar-refractivity contribution >= 4 is 23.3 Å². The molecule has 13 heteroatoms. The highest BCUT2D eigenvalue weighted by Gasteiger charge is 2.41. The minimum absolute atomic E-state index is 0.111. The fourth-order valence-electron chi connectivity index (χ4n) is 2.91. The van der Waals surface area contributed by atoms with Crippen molar-refractivity contribution in [2.24, 2.45) is 0 Å². The van der Waals surface area contributed by atoms with Crippen LogP contribution in [0.5, 0.6) is 5.88 Å². The molecule has 10 nitrogen and oxygen atoms in total. The first-order chi connectivity index (χ1) is 15.7. The molecular weight excluding hydrogens is 443 g/mol. The number of ether oxygens (including phenoxy) is 1. The lowest BCUT2D eigenvalue weighted by atomic mass is 10.2. The Morgan fingerprint density at radius 2 is 1.70 bits per heavy atom. The van der Waals surface area contributed by atoms with Gasteiger partial charge in [-0.1, -0.05) is 0 Å². The second-order valence-electron chi connectivity index (χ2n) is 7.15. The standard InChI is InChI=1S/C20H18F3N7O3/c1-33-16-9-8-15(28-29-16)30-17(20(21,22)23)14(10-24-30)18(31)25-11-2-4-12(5-3-11)26-19(32)27-13-6-7-13/h2-5,8-10,13H,6-7H2,1H3,(H,25,31)(H2,26,27,32). The zero-order valence-electron chi connectivity index (χ0n) is 17.2. The van der Waals surface area contributed by atoms with Crippen LogP contribution in [0.15, 0.2) is 42.6 Å². The molecule has 1 fully saturated rings. The van der Waals surface area contributed by atoms with Gasteiger partial charge >= 0.3 is 12.2 Å². The van der Waals surface area contributed by atoms with Gasteiger partial charge in [-0.25, -0.2) is 9.48 Å². The predicted molar refractivity (Wildman–Crippen MR) is 110 cm³/mol. The van der Waals surface area contributed by atoms with E-state index in [0.29, 0.717) is 10.4 Å². The molecule has 0 radical (unpaired) electrons. The van der Waals surface area contributed by atoms with Crippen LogP contribution in [0.2, 0.25) is 0 Å². The van der Waals surface area contributed by atoms with Crippen LogP contribution in [-0.2, 0) is 6.18 Å². The molecule has 1 aliphatic carbocycles. The highest BCUT2D eigenvalue weighted by Crippen LogP contribution is 2.33. The molecule has 1 aromatic carbocycles. The summed E-state index contributed by atoms with van der Waals surface area (Å²) in [5.74, 6) is -1.13. The Balaban J connectivity index is 1.51. The Morgan fingerprint density at radius 3 is 2.24 bits per heavy atom. The number of hydrogen-bond donors (Lipinski definition) is 3. The number of rotatable bonds is 6. The average molecular weight is 461 g/mol. The van der Waals surface area contributed by atoms with Crippen LogP contribution in [0.3, 0.4) is 0 Å². The highest BCUT2D eigenvalue weighted by atomic mass is 19.4. The predicted octanol–water partition coefficient (Wildman–Crippen LogP) is 3.23. The van der Waals surface area contributed by atoms with Crippen LogP contribution in [0, 0.1) is 0 Å². The van der Waals surface area contributed by atoms with E-state index in [1.807, 2.05) is 0 Å². The van der Waals surface area contributed by atoms with E-state index in [-0.39, 0.29) is 29.5 Å². The Kier molecular flexibility index (Phi) is 5.85. The van der Waals surface area contributed by atoms with Crippen LogP contribution in [0.1, 0.15) is 28.9 Å². The number of halogens is 3. The van der Waals surface area contributed by atoms with E-state index in [1.54, 1.807) is 0 Å². The Bertz CT molecular complexity index is 1160. The maximum Gasteiger partial charge on any atom is 0.434 e. The first-order valence-electron chi connectivity index (χ1n) is 9.77. The number of amides is 3. The second-order valence-corrected chi connectivity index (χ2v) is 7.15. The van der Waals surface area contributed by atoms with Gasteiger partial charge in [0, 0.05) is 23.5 Å². The first-order valence-corrected chi connectivity index (χ1v) is 9.77. The van der Waals surface area contributed by atoms with Gasteiger partial charge in [-0.3, -0.25) is 4.79 Å². The van der Waals surface area contributed by atoms with Gasteiger partial charge < -0.3 is 20.7 Å². The molecular formula is C20H18F3N7O3. The van der Waals surface area contributed by atoms with E-state index in [9.17, 15) is 22.8 Å². The molecule has 172 valence electrons. The van der Waals surface area contributed by atoms with Crippen molar-refractivity contribution in [2.75, 3.05) is 17.7 Å². The molecule has 0 saturated heterocycles. The van der Waals surface area contributed by atoms with Crippen LogP contribution in [0.4, 0.5) is 29.3 Å². The number of anilines is 2. The van der Waals surface area contributed by atoms with Gasteiger partial charge in [0.15, 0.2) is 11.5 Å². The minimum atomic E-state index is -4.90. The number of methoxy groups -OCH3 is 1. The molecule has 3 N–H and O–H groups in total. The van der Waals surface area contributed by atoms with Crippen molar-refractivity contribution in [2.45, 2.75) is 25.1 Å². The lowest BCUT2D eigenvalue weighted by molar-refractivity contribution is -0.143. The molecule has 4 rings (SSSR count). The average Bonchev–Trinajstić information content (AvgIpc) is 3.46. The van der Waals surface area contributed by atoms with E-state index < -0.39 is 23.3 Å². The number of nitrogens with zero attached hydrogens (tertiary/aromatic N) is 4. The van der Waals surface area contributed by atoms with Crippen molar-refractivity contribution < 1.29 is 27.5 Å². The quantitative estimate of drug-likeness (QED) is 0.518. The first kappa shape index (κ1) is 22.0. The minimum Gasteiger partial charge on any atom is -0.480 e. The number of carbonyl (C=O) groups excluding carboxylic acids is 2. The lowest BCUT2D eigenvalue weighted by Crippen LogP contribution is -2.30. The number of alkyl halides is 3. The fraction of sp³-hybridized carbons (Fsp3) is 0.250. The maximum atomic E-state index is 13.8. The van der Waals surface area contributed by atoms with Crippen LogP contribution in [0.25, 0.3) is 5.82 Å². The number of hydrogen-bond acceptors (Lipinski definition) is 6. The van der Waals surface area contributed by atoms with Crippen molar-refractivity contribution in [3.63, 3.8) is 0 Å². The molecule has 1 aliphatic rings. The molecule has 0 aliphatic heterocycles. The summed E-state index contributed by atoms with van der Waals surface area (Å²) in [4.78, 5) is 24.4. The lowest BCUT2D eigenvalue weighted by Gasteiger charge is -2.12. The summed E-state index contributed by atoms with van der Waals surface area (Å²) in [6.45, 7) is 0. The largest absolute Gasteiger partial charge is 0.480 e. The molecule has 1 saturated carbocycles. The summed E-state index contributed by atoms with van der Waals surface area (Å²) < 4.78 is 46.7. The van der Waals surface area contributed by atoms with Gasteiger partial charge in [0.05, 0.1) is 18.9 Å². The monoisotopic (exact) mass is 461 g/mol. The summed E-state index contributed by atoms with van der Waals surface area (Å²) in [5.41, 5.74) is -1.29. The SMILES string of the molecule is COc1ccc(-n2ncc(C(=O)Nc3ccc(NC(=O)NC4CC4)cc3)c2C(F)(F)F)nn1. The Morgan fingerprint density at radius 1 is 1.03 bits per heavy atom. The third kappa shape index (κ3) is 5.19. The van der Waals surface area contributed by atoms with Gasteiger partial charge in [0.25, 0.3) is 5.91 Å². The second kappa shape index (κ2) is 8.76. The van der Waals surface area contributed by atoms with Crippen LogP contribution >= 0.6 is 0 Å². The molecule has 0 atom stereocenters. The Hall–Kier alpha value is -4.16. The zero-order valence-corrected chi connectivity index (χ0v) is 17.2. The molecule has 2 heterocycles. The summed E-state index contributed by atoms with van der Waals surface area (Å²) in [7, 11) is 1.34. The molecule has 3 amide bonds. The van der Waals surface area contributed by atoms with E-state index in [2.05, 4.69) is 31.2 Å². The third-order valence-corrected chi connectivity index (χ3v) is 4.65. The van der Waals surface area contributed by atoms with Gasteiger partial charge in [0.2, 0.25) is 5.88 Å². The summed E-state index contributed by atoms with van der Waals surface area (Å²) in [6.07, 6.45) is -2.20. The van der Waals surface area contributed by atoms with Crippen LogP contribution in [-0.4, -0.2) is 45.1 Å². The molecule has 0 spiro atoms. The molecule has 2 aromatic heterocycles. The van der Waals surface area contributed by atoms with E-state index in [0.717, 1.165) is 19.0 Å². The number of benzene rings is 1. The third-order valence-electron chi connectivity index (χ3n) is 4.65. The van der Waals surface area contributed by atoms with Crippen molar-refractivity contribution in [3.8, 4) is 11.7 Å². The zero-order chi connectivity index (χ0) is 23.6. The van der Waals surface area contributed by atoms with E-state index in [1.165, 1.54) is 43.5 Å². The van der Waals surface area contributed by atoms with Gasteiger partial charge in [-0.05, 0) is 43.2 Å². The number of urea groups is 1. The summed E-state index contributed by atoms with van der Waals surface area (Å²) >= 11 is 0. The van der Waals surface area contributed by atoms with E-state index in [4.69, 9.17) is 4.74 Å². The van der Waals surface area contributed by atoms with Crippen molar-refractivity contribution in [1.29, 1.82) is 0 Å². The number of nitrogens with one attached hydrogen (secondary N) is 3. The number of aromatic nitrogens is 4. The molecule has 33 heavy (non-hydrogen) atoms. The Labute approximate surface area is 185 Å². The van der Waals surface area contributed by atoms with Crippen LogP contribution < -0.4 is 20.7 Å². The normalized spacial score (nSPS) is 13.3. The van der Waals surface area contributed by atoms with E-state index >= 15 is 0 Å². The van der Waals surface area contributed by atoms with Gasteiger partial charge in [0.1, 0.15) is 0 Å². The highest BCUT2D eigenvalue weighted by molar-refractivity contribution is 6.05. The van der Waals surface area contributed by atoms with Gasteiger partial charge in [-0.2, -0.15) is 18.3 Å². The molecule has 3 aromatic rings. The number of carbonyl (C=O) groups is 2. The fourth-order valence-corrected chi connectivity index (χ4v) is 2.91. The summed E-state index contributed by atoms with van der Waals surface area (Å²) in [5, 5.41) is 18.8. The van der Waals surface area contributed by atoms with Gasteiger partial charge in [-0.15, -0.1) is 10.2 Å². The molecule has 0 bridgehead atoms.